The fraction of sp³-hybridized carbons (Fsp3) is 0.438. The Hall–Kier alpha value is -3.42. The Bertz CT molecular complexity index is 1080. The molecule has 0 amide bonds. The maximum Gasteiger partial charge on any atom is 0.163 e. The Labute approximate surface area is 234 Å². The van der Waals surface area contributed by atoms with Crippen molar-refractivity contribution in [2.24, 2.45) is 5.92 Å². The molecule has 0 saturated carbocycles. The molecule has 7 nitrogen and oxygen atoms in total. The third kappa shape index (κ3) is 9.08. The minimum Gasteiger partial charge on any atom is -0.493 e. The van der Waals surface area contributed by atoms with Crippen molar-refractivity contribution in [3.05, 3.63) is 79.6 Å². The number of benzene rings is 2. The highest BCUT2D eigenvalue weighted by Gasteiger charge is 2.29. The Morgan fingerprint density at radius 3 is 2.56 bits per heavy atom. The van der Waals surface area contributed by atoms with Crippen LogP contribution in [0.1, 0.15) is 26.7 Å². The summed E-state index contributed by atoms with van der Waals surface area (Å²) in [7, 11) is 3.37. The predicted molar refractivity (Wildman–Crippen MR) is 158 cm³/mol. The molecule has 1 heterocycles. The summed E-state index contributed by atoms with van der Waals surface area (Å²) in [5, 5.41) is 3.63. The van der Waals surface area contributed by atoms with Crippen molar-refractivity contribution in [2.45, 2.75) is 38.8 Å². The van der Waals surface area contributed by atoms with Gasteiger partial charge < -0.3 is 33.9 Å². The molecule has 1 N–H and O–H groups in total. The second-order valence-electron chi connectivity index (χ2n) is 9.84. The fourth-order valence-electron chi connectivity index (χ4n) is 4.84. The van der Waals surface area contributed by atoms with Gasteiger partial charge in [-0.2, -0.15) is 0 Å². The number of anilines is 1. The Kier molecular flexibility index (Phi) is 12.3. The Balaban J connectivity index is 1.66. The SMILES string of the molecule is C=C/C=C(\C=C)Oc1cccc(OC[C@@H]2CNC[C@H](N(c3ccc(OC)c(OCCCOC)c3)C(C)C)C2)c1. The van der Waals surface area contributed by atoms with Crippen LogP contribution in [0.15, 0.2) is 79.6 Å². The van der Waals surface area contributed by atoms with Crippen LogP contribution in [0.4, 0.5) is 5.69 Å². The van der Waals surface area contributed by atoms with Crippen LogP contribution in [-0.2, 0) is 4.74 Å². The zero-order chi connectivity index (χ0) is 28.0. The van der Waals surface area contributed by atoms with Crippen LogP contribution in [0.2, 0.25) is 0 Å². The first-order valence-corrected chi connectivity index (χ1v) is 13.6. The van der Waals surface area contributed by atoms with E-state index in [2.05, 4.69) is 49.4 Å². The smallest absolute Gasteiger partial charge is 0.163 e. The number of hydrogen-bond donors (Lipinski definition) is 1. The summed E-state index contributed by atoms with van der Waals surface area (Å²) in [6.45, 7) is 15.6. The van der Waals surface area contributed by atoms with Gasteiger partial charge in [0.05, 0.1) is 20.3 Å². The lowest BCUT2D eigenvalue weighted by Crippen LogP contribution is -2.52. The van der Waals surface area contributed by atoms with Crippen LogP contribution in [0.5, 0.6) is 23.0 Å². The lowest BCUT2D eigenvalue weighted by molar-refractivity contribution is 0.170. The van der Waals surface area contributed by atoms with E-state index in [-0.39, 0.29) is 0 Å². The second-order valence-corrected chi connectivity index (χ2v) is 9.84. The number of ether oxygens (including phenoxy) is 5. The maximum absolute atomic E-state index is 6.22. The number of piperidine rings is 1. The zero-order valence-corrected chi connectivity index (χ0v) is 23.9. The summed E-state index contributed by atoms with van der Waals surface area (Å²) in [4.78, 5) is 2.47. The highest BCUT2D eigenvalue weighted by atomic mass is 16.5. The Morgan fingerprint density at radius 2 is 1.85 bits per heavy atom. The van der Waals surface area contributed by atoms with Crippen molar-refractivity contribution in [1.29, 1.82) is 0 Å². The van der Waals surface area contributed by atoms with E-state index < -0.39 is 0 Å². The van der Waals surface area contributed by atoms with Crippen molar-refractivity contribution in [3.63, 3.8) is 0 Å². The first kappa shape index (κ1) is 30.1. The Morgan fingerprint density at radius 1 is 1.03 bits per heavy atom. The molecular formula is C32H44N2O5. The van der Waals surface area contributed by atoms with Gasteiger partial charge in [0, 0.05) is 69.0 Å². The van der Waals surface area contributed by atoms with E-state index in [1.807, 2.05) is 30.3 Å². The van der Waals surface area contributed by atoms with E-state index in [4.69, 9.17) is 23.7 Å². The zero-order valence-electron chi connectivity index (χ0n) is 23.9. The van der Waals surface area contributed by atoms with Gasteiger partial charge in [0.25, 0.3) is 0 Å². The van der Waals surface area contributed by atoms with Gasteiger partial charge in [-0.3, -0.25) is 0 Å². The lowest BCUT2D eigenvalue weighted by Gasteiger charge is -2.42. The van der Waals surface area contributed by atoms with Gasteiger partial charge in [0.1, 0.15) is 17.3 Å². The van der Waals surface area contributed by atoms with E-state index in [1.54, 1.807) is 32.4 Å². The molecule has 1 fully saturated rings. The number of rotatable bonds is 16. The molecule has 0 aromatic heterocycles. The normalized spacial score (nSPS) is 17.4. The summed E-state index contributed by atoms with van der Waals surface area (Å²) in [5.41, 5.74) is 1.12. The molecule has 212 valence electrons. The second kappa shape index (κ2) is 15.9. The number of allylic oxidation sites excluding steroid dienone is 3. The number of nitrogens with zero attached hydrogens (tertiary/aromatic N) is 1. The van der Waals surface area contributed by atoms with Crippen LogP contribution < -0.4 is 29.2 Å². The van der Waals surface area contributed by atoms with Crippen molar-refractivity contribution in [1.82, 2.24) is 5.32 Å². The highest BCUT2D eigenvalue weighted by molar-refractivity contribution is 5.57. The van der Waals surface area contributed by atoms with Gasteiger partial charge >= 0.3 is 0 Å². The van der Waals surface area contributed by atoms with E-state index >= 15 is 0 Å². The minimum atomic E-state index is 0.308. The van der Waals surface area contributed by atoms with Crippen LogP contribution in [-0.4, -0.2) is 59.2 Å². The largest absolute Gasteiger partial charge is 0.493 e. The molecular weight excluding hydrogens is 492 g/mol. The van der Waals surface area contributed by atoms with Crippen LogP contribution in [0.25, 0.3) is 0 Å². The monoisotopic (exact) mass is 536 g/mol. The van der Waals surface area contributed by atoms with Gasteiger partial charge in [0.15, 0.2) is 11.5 Å². The van der Waals surface area contributed by atoms with Crippen LogP contribution in [0.3, 0.4) is 0 Å². The first-order valence-electron chi connectivity index (χ1n) is 13.6. The summed E-state index contributed by atoms with van der Waals surface area (Å²) in [6.07, 6.45) is 6.94. The van der Waals surface area contributed by atoms with E-state index in [0.717, 1.165) is 48.9 Å². The van der Waals surface area contributed by atoms with Crippen molar-refractivity contribution < 1.29 is 23.7 Å². The highest BCUT2D eigenvalue weighted by Crippen LogP contribution is 2.35. The quantitative estimate of drug-likeness (QED) is 0.160. The summed E-state index contributed by atoms with van der Waals surface area (Å²) in [5.74, 6) is 3.97. The molecule has 0 spiro atoms. The number of hydrogen-bond acceptors (Lipinski definition) is 7. The molecule has 2 atom stereocenters. The topological polar surface area (TPSA) is 61.4 Å². The molecule has 3 rings (SSSR count). The average Bonchev–Trinajstić information content (AvgIpc) is 2.94. The first-order chi connectivity index (χ1) is 19.0. The molecule has 1 aliphatic rings. The third-order valence-electron chi connectivity index (χ3n) is 6.57. The third-order valence-corrected chi connectivity index (χ3v) is 6.57. The minimum absolute atomic E-state index is 0.308. The standard InChI is InChI=1S/C32H44N2O5/c1-7-11-28(8-2)39-30-13-9-12-29(20-30)38-23-25-18-27(22-33-21-25)34(24(3)4)26-14-15-31(36-6)32(19-26)37-17-10-16-35-5/h7-9,11-15,19-20,24-25,27,33H,1-2,10,16-18,21-23H2,3-6H3/b28-11+/t25-,27+/m0/s1. The van der Waals surface area contributed by atoms with Crippen molar-refractivity contribution in [3.8, 4) is 23.0 Å². The molecule has 0 aliphatic carbocycles. The summed E-state index contributed by atoms with van der Waals surface area (Å²) >= 11 is 0. The molecule has 7 heteroatoms. The molecule has 0 bridgehead atoms. The van der Waals surface area contributed by atoms with Gasteiger partial charge in [-0.1, -0.05) is 25.3 Å². The van der Waals surface area contributed by atoms with Crippen LogP contribution >= 0.6 is 0 Å². The van der Waals surface area contributed by atoms with E-state index in [1.165, 1.54) is 0 Å². The molecule has 2 aromatic carbocycles. The van der Waals surface area contributed by atoms with Gasteiger partial charge in [-0.15, -0.1) is 0 Å². The van der Waals surface area contributed by atoms with Gasteiger partial charge in [0.2, 0.25) is 0 Å². The van der Waals surface area contributed by atoms with Gasteiger partial charge in [-0.25, -0.2) is 0 Å². The molecule has 1 saturated heterocycles. The van der Waals surface area contributed by atoms with E-state index in [9.17, 15) is 0 Å². The molecule has 39 heavy (non-hydrogen) atoms. The molecule has 0 unspecified atom stereocenters. The summed E-state index contributed by atoms with van der Waals surface area (Å²) < 4.78 is 28.9. The molecule has 0 radical (unpaired) electrons. The van der Waals surface area contributed by atoms with E-state index in [0.29, 0.717) is 49.3 Å². The number of nitrogens with one attached hydrogen (secondary N) is 1. The maximum atomic E-state index is 6.22. The molecule has 2 aromatic rings. The van der Waals surface area contributed by atoms with Crippen molar-refractivity contribution >= 4 is 5.69 Å². The van der Waals surface area contributed by atoms with Gasteiger partial charge in [-0.05, 0) is 56.7 Å². The fourth-order valence-corrected chi connectivity index (χ4v) is 4.84. The number of methoxy groups -OCH3 is 2. The molecule has 1 aliphatic heterocycles. The lowest BCUT2D eigenvalue weighted by atomic mass is 9.94. The van der Waals surface area contributed by atoms with Crippen molar-refractivity contribution in [2.75, 3.05) is 52.0 Å². The van der Waals surface area contributed by atoms with Crippen LogP contribution in [0, 0.1) is 5.92 Å². The predicted octanol–water partition coefficient (Wildman–Crippen LogP) is 6.02. The average molecular weight is 537 g/mol. The summed E-state index contributed by atoms with van der Waals surface area (Å²) in [6, 6.07) is 14.5.